The van der Waals surface area contributed by atoms with Crippen molar-refractivity contribution < 1.29 is 31.0 Å². The molecule has 7 nitrogen and oxygen atoms in total. The molecule has 21 heavy (non-hydrogen) atoms. The molecule has 0 heterocycles. The molecule has 1 aromatic rings. The maximum atomic E-state index is 11.5. The Balaban J connectivity index is 3.66. The van der Waals surface area contributed by atoms with Crippen molar-refractivity contribution in [1.82, 2.24) is 0 Å². The van der Waals surface area contributed by atoms with Crippen LogP contribution in [-0.4, -0.2) is 36.0 Å². The number of aliphatic hydroxyl groups is 1. The van der Waals surface area contributed by atoms with Gasteiger partial charge in [-0.3, -0.25) is 9.11 Å². The summed E-state index contributed by atoms with van der Waals surface area (Å²) < 4.78 is 63.7. The predicted molar refractivity (Wildman–Crippen MR) is 76.3 cm³/mol. The molecule has 0 saturated heterocycles. The van der Waals surface area contributed by atoms with Crippen molar-refractivity contribution in [3.63, 3.8) is 0 Å². The quantitative estimate of drug-likeness (QED) is 0.698. The molecule has 0 aliphatic heterocycles. The average molecular weight is 338 g/mol. The number of hydrogen-bond donors (Lipinski definition) is 3. The third-order valence-corrected chi connectivity index (χ3v) is 5.85. The predicted octanol–water partition coefficient (Wildman–Crippen LogP) is 0.997. The summed E-state index contributed by atoms with van der Waals surface area (Å²) in [5.41, 5.74) is 1.47. The number of benzene rings is 1. The highest BCUT2D eigenvalue weighted by atomic mass is 32.2. The van der Waals surface area contributed by atoms with Crippen molar-refractivity contribution in [2.75, 3.05) is 0 Å². The summed E-state index contributed by atoms with van der Waals surface area (Å²) in [6.07, 6.45) is -0.678. The lowest BCUT2D eigenvalue weighted by Gasteiger charge is -2.22. The Morgan fingerprint density at radius 3 is 1.90 bits per heavy atom. The van der Waals surface area contributed by atoms with Gasteiger partial charge in [-0.2, -0.15) is 16.8 Å². The van der Waals surface area contributed by atoms with Crippen LogP contribution in [0.4, 0.5) is 0 Å². The first-order valence-electron chi connectivity index (χ1n) is 5.95. The van der Waals surface area contributed by atoms with Crippen LogP contribution in [0.2, 0.25) is 0 Å². The van der Waals surface area contributed by atoms with Crippen molar-refractivity contribution in [3.05, 3.63) is 28.3 Å². The number of hydrogen-bond acceptors (Lipinski definition) is 5. The van der Waals surface area contributed by atoms with Gasteiger partial charge in [-0.25, -0.2) is 0 Å². The molecule has 0 aliphatic rings. The summed E-state index contributed by atoms with van der Waals surface area (Å²) >= 11 is 0. The second kappa shape index (κ2) is 5.33. The van der Waals surface area contributed by atoms with Crippen LogP contribution in [-0.2, 0) is 26.7 Å². The molecule has 0 saturated carbocycles. The molecule has 1 rings (SSSR count). The molecule has 0 aromatic heterocycles. The van der Waals surface area contributed by atoms with E-state index < -0.39 is 36.5 Å². The van der Waals surface area contributed by atoms with Crippen molar-refractivity contribution in [2.45, 2.75) is 43.9 Å². The van der Waals surface area contributed by atoms with Crippen LogP contribution in [0.1, 0.15) is 29.2 Å². The van der Waals surface area contributed by atoms with E-state index in [1.807, 2.05) is 0 Å². The molecule has 0 fully saturated rings. The van der Waals surface area contributed by atoms with E-state index in [1.165, 1.54) is 13.0 Å². The van der Waals surface area contributed by atoms with E-state index in [9.17, 15) is 26.5 Å². The third kappa shape index (κ3) is 3.61. The molecule has 1 atom stereocenters. The number of aryl methyl sites for hydroxylation is 1. The Labute approximate surface area is 124 Å². The highest BCUT2D eigenvalue weighted by Gasteiger charge is 2.37. The molecule has 1 unspecified atom stereocenters. The maximum absolute atomic E-state index is 11.5. The molecule has 0 amide bonds. The van der Waals surface area contributed by atoms with Crippen molar-refractivity contribution in [3.8, 4) is 0 Å². The second-order valence-corrected chi connectivity index (χ2v) is 8.42. The fraction of sp³-hybridized carbons (Fsp3) is 0.500. The zero-order valence-corrected chi connectivity index (χ0v) is 13.7. The minimum absolute atomic E-state index is 0.0827. The van der Waals surface area contributed by atoms with E-state index >= 15 is 0 Å². The molecule has 0 aliphatic carbocycles. The van der Waals surface area contributed by atoms with E-state index in [2.05, 4.69) is 0 Å². The van der Waals surface area contributed by atoms with Gasteiger partial charge in [0.2, 0.25) is 0 Å². The van der Waals surface area contributed by atoms with E-state index in [0.29, 0.717) is 11.1 Å². The van der Waals surface area contributed by atoms with Gasteiger partial charge in [-0.15, -0.1) is 0 Å². The fourth-order valence-electron chi connectivity index (χ4n) is 2.08. The Morgan fingerprint density at radius 2 is 1.52 bits per heavy atom. The van der Waals surface area contributed by atoms with Crippen molar-refractivity contribution in [2.24, 2.45) is 0 Å². The monoisotopic (exact) mass is 338 g/mol. The maximum Gasteiger partial charge on any atom is 0.295 e. The molecule has 3 N–H and O–H groups in total. The normalized spacial score (nSPS) is 15.8. The van der Waals surface area contributed by atoms with Crippen LogP contribution in [0.5, 0.6) is 0 Å². The highest BCUT2D eigenvalue weighted by Crippen LogP contribution is 2.30. The van der Waals surface area contributed by atoms with Gasteiger partial charge >= 0.3 is 0 Å². The van der Waals surface area contributed by atoms with E-state index in [-0.39, 0.29) is 11.1 Å². The molecular weight excluding hydrogens is 320 g/mol. The molecule has 0 bridgehead atoms. The Kier molecular flexibility index (Phi) is 4.58. The smallest absolute Gasteiger partial charge is 0.295 e. The third-order valence-electron chi connectivity index (χ3n) is 3.51. The van der Waals surface area contributed by atoms with Crippen molar-refractivity contribution in [1.29, 1.82) is 0 Å². The largest absolute Gasteiger partial charge is 0.372 e. The zero-order chi connectivity index (χ0) is 16.8. The van der Waals surface area contributed by atoms with Gasteiger partial charge in [0.25, 0.3) is 20.2 Å². The van der Waals surface area contributed by atoms with Gasteiger partial charge < -0.3 is 5.11 Å². The van der Waals surface area contributed by atoms with E-state index in [0.717, 1.165) is 6.92 Å². The van der Waals surface area contributed by atoms with Crippen LogP contribution in [0.3, 0.4) is 0 Å². The standard InChI is InChI=1S/C12H18O7S2/c1-7-5-10(6-12(4,13)21(17,18)19)11(20(14,15)16)9(3)8(7)2/h5,13H,6H2,1-4H3,(H,14,15,16)(H,17,18,19). The summed E-state index contributed by atoms with van der Waals surface area (Å²) in [6.45, 7) is 5.66. The van der Waals surface area contributed by atoms with Crippen LogP contribution in [0.25, 0.3) is 0 Å². The average Bonchev–Trinajstić information content (AvgIpc) is 2.21. The topological polar surface area (TPSA) is 129 Å². The van der Waals surface area contributed by atoms with Gasteiger partial charge in [0.05, 0.1) is 0 Å². The minimum atomic E-state index is -4.82. The van der Waals surface area contributed by atoms with Crippen molar-refractivity contribution >= 4 is 20.2 Å². The minimum Gasteiger partial charge on any atom is -0.372 e. The fourth-order valence-corrected chi connectivity index (χ4v) is 3.42. The molecule has 120 valence electrons. The lowest BCUT2D eigenvalue weighted by molar-refractivity contribution is 0.132. The van der Waals surface area contributed by atoms with Gasteiger partial charge in [-0.05, 0) is 49.9 Å². The zero-order valence-electron chi connectivity index (χ0n) is 12.1. The van der Waals surface area contributed by atoms with Gasteiger partial charge in [0.1, 0.15) is 4.90 Å². The first-order chi connectivity index (χ1) is 9.18. The first-order valence-corrected chi connectivity index (χ1v) is 8.83. The highest BCUT2D eigenvalue weighted by molar-refractivity contribution is 7.87. The lowest BCUT2D eigenvalue weighted by Crippen LogP contribution is -2.37. The first kappa shape index (κ1) is 18.1. The number of rotatable bonds is 4. The van der Waals surface area contributed by atoms with Crippen LogP contribution < -0.4 is 0 Å². The van der Waals surface area contributed by atoms with Gasteiger partial charge in [-0.1, -0.05) is 6.07 Å². The van der Waals surface area contributed by atoms with Crippen LogP contribution >= 0.6 is 0 Å². The summed E-state index contributed by atoms with van der Waals surface area (Å²) in [5, 5.41) is 9.83. The second-order valence-electron chi connectivity index (χ2n) is 5.23. The SMILES string of the molecule is Cc1cc(CC(C)(O)S(=O)(=O)O)c(S(=O)(=O)O)c(C)c1C. The summed E-state index contributed by atoms with van der Waals surface area (Å²) in [6, 6.07) is 1.37. The lowest BCUT2D eigenvalue weighted by atomic mass is 9.97. The van der Waals surface area contributed by atoms with Gasteiger partial charge in [0, 0.05) is 6.42 Å². The Bertz CT molecular complexity index is 774. The van der Waals surface area contributed by atoms with Crippen LogP contribution in [0, 0.1) is 20.8 Å². The van der Waals surface area contributed by atoms with Crippen LogP contribution in [0.15, 0.2) is 11.0 Å². The molecule has 1 aromatic carbocycles. The summed E-state index contributed by atoms with van der Waals surface area (Å²) in [7, 11) is -9.43. The summed E-state index contributed by atoms with van der Waals surface area (Å²) in [4.78, 5) is -3.02. The van der Waals surface area contributed by atoms with E-state index in [1.54, 1.807) is 13.8 Å². The molecule has 0 radical (unpaired) electrons. The Morgan fingerprint density at radius 1 is 1.05 bits per heavy atom. The summed E-state index contributed by atoms with van der Waals surface area (Å²) in [5.74, 6) is 0. The molecule has 0 spiro atoms. The Hall–Kier alpha value is -1.00. The van der Waals surface area contributed by atoms with Gasteiger partial charge in [0.15, 0.2) is 4.93 Å². The molecular formula is C12H18O7S2. The molecule has 9 heteroatoms. The van der Waals surface area contributed by atoms with E-state index in [4.69, 9.17) is 4.55 Å².